The van der Waals surface area contributed by atoms with Crippen molar-refractivity contribution in [2.45, 2.75) is 64.1 Å². The van der Waals surface area contributed by atoms with E-state index < -0.39 is 17.5 Å². The Bertz CT molecular complexity index is 1660. The summed E-state index contributed by atoms with van der Waals surface area (Å²) in [5.41, 5.74) is 9.97. The number of hydrogen-bond acceptors (Lipinski definition) is 7. The van der Waals surface area contributed by atoms with Crippen molar-refractivity contribution in [3.8, 4) is 16.9 Å². The van der Waals surface area contributed by atoms with Crippen molar-refractivity contribution in [1.82, 2.24) is 19.9 Å². The van der Waals surface area contributed by atoms with Gasteiger partial charge in [-0.05, 0) is 70.7 Å². The van der Waals surface area contributed by atoms with E-state index in [1.165, 1.54) is 18.2 Å². The second-order valence-electron chi connectivity index (χ2n) is 11.5. The molecule has 3 aromatic heterocycles. The van der Waals surface area contributed by atoms with E-state index in [1.54, 1.807) is 30.2 Å². The number of methoxy groups -OCH3 is 1. The molecular weight excluding hydrogens is 573 g/mol. The topological polar surface area (TPSA) is 128 Å². The van der Waals surface area contributed by atoms with Crippen molar-refractivity contribution in [2.24, 2.45) is 10.7 Å². The molecule has 0 bridgehead atoms. The van der Waals surface area contributed by atoms with Crippen LogP contribution in [0.25, 0.3) is 16.6 Å². The molecule has 1 saturated carbocycles. The number of anilines is 1. The molecule has 1 aliphatic carbocycles. The maximum atomic E-state index is 14.0. The molecule has 43 heavy (non-hydrogen) atoms. The Morgan fingerprint density at radius 1 is 1.14 bits per heavy atom. The van der Waals surface area contributed by atoms with Gasteiger partial charge >= 0.3 is 6.09 Å². The standard InChI is InChI=1S/C31H35ClFN7O3/c1-31(2,3)43-30(41)38-21-8-6-20(7-9-21)37-28-23(29(34)39-25-14-19(33)5-10-24(25)32)15-36-40-17-18(13-26(28)40)22-11-12-35-16-27(22)42-4/h5,10-17,20-21,37H,6-9H2,1-4H3,(H2,34,39)(H,38,41)/t20-,21-. The lowest BCUT2D eigenvalue weighted by Crippen LogP contribution is -2.42. The number of halogens is 2. The summed E-state index contributed by atoms with van der Waals surface area (Å²) in [5, 5.41) is 11.5. The summed E-state index contributed by atoms with van der Waals surface area (Å²) in [6.07, 6.45) is 9.63. The predicted octanol–water partition coefficient (Wildman–Crippen LogP) is 6.48. The van der Waals surface area contributed by atoms with E-state index in [2.05, 4.69) is 25.7 Å². The smallest absolute Gasteiger partial charge is 0.407 e. The van der Waals surface area contributed by atoms with E-state index in [4.69, 9.17) is 26.8 Å². The van der Waals surface area contributed by atoms with Crippen LogP contribution in [0, 0.1) is 5.82 Å². The average molecular weight is 608 g/mol. The number of benzene rings is 1. The highest BCUT2D eigenvalue weighted by Crippen LogP contribution is 2.35. The van der Waals surface area contributed by atoms with E-state index in [-0.39, 0.29) is 28.6 Å². The lowest BCUT2D eigenvalue weighted by molar-refractivity contribution is 0.0492. The number of aromatic nitrogens is 3. The third kappa shape index (κ3) is 7.16. The quantitative estimate of drug-likeness (QED) is 0.162. The van der Waals surface area contributed by atoms with Crippen LogP contribution in [0.15, 0.2) is 60.1 Å². The number of aliphatic imine (C=N–C) groups is 1. The predicted molar refractivity (Wildman–Crippen MR) is 166 cm³/mol. The molecule has 4 N–H and O–H groups in total. The molecule has 1 aliphatic rings. The van der Waals surface area contributed by atoms with Crippen LogP contribution in [0.3, 0.4) is 0 Å². The fourth-order valence-electron chi connectivity index (χ4n) is 5.15. The maximum Gasteiger partial charge on any atom is 0.407 e. The molecule has 12 heteroatoms. The third-order valence-corrected chi connectivity index (χ3v) is 7.49. The van der Waals surface area contributed by atoms with Gasteiger partial charge in [0.15, 0.2) is 0 Å². The highest BCUT2D eigenvalue weighted by Gasteiger charge is 2.26. The maximum absolute atomic E-state index is 14.0. The van der Waals surface area contributed by atoms with Gasteiger partial charge in [-0.25, -0.2) is 18.7 Å². The Kier molecular flexibility index (Phi) is 8.72. The van der Waals surface area contributed by atoms with Crippen LogP contribution in [0.1, 0.15) is 52.0 Å². The number of pyridine rings is 1. The first kappa shape index (κ1) is 30.1. The van der Waals surface area contributed by atoms with Crippen molar-refractivity contribution in [3.63, 3.8) is 0 Å². The normalized spacial score (nSPS) is 17.5. The molecule has 0 radical (unpaired) electrons. The second-order valence-corrected chi connectivity index (χ2v) is 11.9. The highest BCUT2D eigenvalue weighted by molar-refractivity contribution is 6.33. The molecule has 0 aliphatic heterocycles. The van der Waals surface area contributed by atoms with Crippen LogP contribution in [0.4, 0.5) is 20.6 Å². The van der Waals surface area contributed by atoms with Crippen molar-refractivity contribution >= 4 is 40.4 Å². The Labute approximate surface area is 254 Å². The molecule has 1 fully saturated rings. The van der Waals surface area contributed by atoms with E-state index in [1.807, 2.05) is 39.1 Å². The first-order valence-corrected chi connectivity index (χ1v) is 14.4. The minimum atomic E-state index is -0.556. The fraction of sp³-hybridized carbons (Fsp3) is 0.355. The van der Waals surface area contributed by atoms with E-state index in [0.717, 1.165) is 48.0 Å². The van der Waals surface area contributed by atoms with E-state index in [9.17, 15) is 9.18 Å². The summed E-state index contributed by atoms with van der Waals surface area (Å²) in [7, 11) is 1.60. The number of carbonyl (C=O) groups is 1. The van der Waals surface area contributed by atoms with Crippen molar-refractivity contribution in [2.75, 3.05) is 12.4 Å². The number of alkyl carbamates (subject to hydrolysis) is 1. The van der Waals surface area contributed by atoms with E-state index >= 15 is 0 Å². The number of ether oxygens (including phenoxy) is 2. The first-order chi connectivity index (χ1) is 20.5. The van der Waals surface area contributed by atoms with Crippen LogP contribution >= 0.6 is 11.6 Å². The lowest BCUT2D eigenvalue weighted by Gasteiger charge is -2.31. The van der Waals surface area contributed by atoms with Crippen LogP contribution in [0.2, 0.25) is 5.02 Å². The van der Waals surface area contributed by atoms with Gasteiger partial charge in [0.1, 0.15) is 23.0 Å². The highest BCUT2D eigenvalue weighted by atomic mass is 35.5. The zero-order chi connectivity index (χ0) is 30.7. The molecule has 0 atom stereocenters. The molecule has 10 nitrogen and oxygen atoms in total. The minimum absolute atomic E-state index is 0.0191. The van der Waals surface area contributed by atoms with Crippen LogP contribution in [-0.4, -0.2) is 51.3 Å². The van der Waals surface area contributed by atoms with E-state index in [0.29, 0.717) is 11.3 Å². The Morgan fingerprint density at radius 2 is 1.88 bits per heavy atom. The zero-order valence-corrected chi connectivity index (χ0v) is 25.3. The summed E-state index contributed by atoms with van der Waals surface area (Å²) < 4.78 is 26.7. The number of hydrogen-bond donors (Lipinski definition) is 3. The molecule has 5 rings (SSSR count). The van der Waals surface area contributed by atoms with Gasteiger partial charge in [-0.15, -0.1) is 0 Å². The van der Waals surface area contributed by atoms with Gasteiger partial charge in [0.25, 0.3) is 0 Å². The molecule has 4 aromatic rings. The van der Waals surface area contributed by atoms with Gasteiger partial charge < -0.3 is 25.8 Å². The van der Waals surface area contributed by atoms with Gasteiger partial charge in [0.2, 0.25) is 0 Å². The molecule has 0 unspecified atom stereocenters. The zero-order valence-electron chi connectivity index (χ0n) is 24.5. The molecule has 3 heterocycles. The van der Waals surface area contributed by atoms with Gasteiger partial charge in [0, 0.05) is 41.7 Å². The number of amides is 1. The first-order valence-electron chi connectivity index (χ1n) is 14.1. The summed E-state index contributed by atoms with van der Waals surface area (Å²) >= 11 is 6.28. The van der Waals surface area contributed by atoms with Crippen LogP contribution < -0.4 is 21.1 Å². The number of fused-ring (bicyclic) bond motifs is 1. The van der Waals surface area contributed by atoms with Gasteiger partial charge in [-0.2, -0.15) is 5.10 Å². The van der Waals surface area contributed by atoms with Gasteiger partial charge in [0.05, 0.1) is 47.0 Å². The largest absolute Gasteiger partial charge is 0.494 e. The Morgan fingerprint density at radius 3 is 2.60 bits per heavy atom. The fourth-order valence-corrected chi connectivity index (χ4v) is 5.31. The molecule has 1 amide bonds. The average Bonchev–Trinajstić information content (AvgIpc) is 3.40. The van der Waals surface area contributed by atoms with Gasteiger partial charge in [-0.1, -0.05) is 11.6 Å². The SMILES string of the molecule is COc1cnccc1-c1cc2c(N[C@H]3CC[C@H](NC(=O)OC(C)(C)C)CC3)c(C(N)=Nc3cc(F)ccc3Cl)cnn2c1. The number of nitrogens with zero attached hydrogens (tertiary/aromatic N) is 4. The molecule has 226 valence electrons. The summed E-state index contributed by atoms with van der Waals surface area (Å²) in [5.74, 6) is 0.294. The third-order valence-electron chi connectivity index (χ3n) is 7.17. The summed E-state index contributed by atoms with van der Waals surface area (Å²) in [4.78, 5) is 20.9. The molecule has 0 spiro atoms. The Balaban J connectivity index is 1.47. The van der Waals surface area contributed by atoms with Crippen molar-refractivity contribution < 1.29 is 18.7 Å². The van der Waals surface area contributed by atoms with Gasteiger partial charge in [-0.3, -0.25) is 4.98 Å². The van der Waals surface area contributed by atoms with Crippen LogP contribution in [-0.2, 0) is 4.74 Å². The summed E-state index contributed by atoms with van der Waals surface area (Å²) in [6, 6.07) is 7.91. The lowest BCUT2D eigenvalue weighted by atomic mass is 9.91. The van der Waals surface area contributed by atoms with Crippen molar-refractivity contribution in [1.29, 1.82) is 0 Å². The number of carbonyl (C=O) groups excluding carboxylic acids is 1. The number of nitrogens with one attached hydrogen (secondary N) is 2. The molecular formula is C31H35ClFN7O3. The monoisotopic (exact) mass is 607 g/mol. The minimum Gasteiger partial charge on any atom is -0.494 e. The molecule has 1 aromatic carbocycles. The van der Waals surface area contributed by atoms with Crippen molar-refractivity contribution in [3.05, 3.63) is 71.5 Å². The summed E-state index contributed by atoms with van der Waals surface area (Å²) in [6.45, 7) is 5.53. The number of rotatable bonds is 7. The second kappa shape index (κ2) is 12.5. The number of amidine groups is 1. The van der Waals surface area contributed by atoms with Crippen LogP contribution in [0.5, 0.6) is 5.75 Å². The Hall–Kier alpha value is -4.38. The number of nitrogens with two attached hydrogens (primary N) is 1. The molecule has 0 saturated heterocycles.